The fourth-order valence-corrected chi connectivity index (χ4v) is 2.76. The number of hydrogen-bond acceptors (Lipinski definition) is 6. The minimum atomic E-state index is -0.961. The second kappa shape index (κ2) is 8.94. The highest BCUT2D eigenvalue weighted by molar-refractivity contribution is 5.97. The van der Waals surface area contributed by atoms with Gasteiger partial charge >= 0.3 is 11.9 Å². The van der Waals surface area contributed by atoms with Crippen molar-refractivity contribution in [3.8, 4) is 11.3 Å². The Hall–Kier alpha value is -3.48. The SMILES string of the molecule is CC[C@H](OC(=O)c1cn(Cc2ccccc2)nc1-c1cccnc1)C(=O)OC. The lowest BCUT2D eigenvalue weighted by molar-refractivity contribution is -0.151. The molecule has 0 bridgehead atoms. The van der Waals surface area contributed by atoms with Gasteiger partial charge in [-0.25, -0.2) is 9.59 Å². The summed E-state index contributed by atoms with van der Waals surface area (Å²) in [6, 6.07) is 13.4. The highest BCUT2D eigenvalue weighted by Crippen LogP contribution is 2.23. The van der Waals surface area contributed by atoms with E-state index >= 15 is 0 Å². The Morgan fingerprint density at radius 2 is 1.93 bits per heavy atom. The van der Waals surface area contributed by atoms with Gasteiger partial charge in [0.25, 0.3) is 0 Å². The Labute approximate surface area is 162 Å². The molecule has 0 aliphatic heterocycles. The molecule has 0 N–H and O–H groups in total. The van der Waals surface area contributed by atoms with Crippen LogP contribution in [0.5, 0.6) is 0 Å². The van der Waals surface area contributed by atoms with Crippen LogP contribution in [0.15, 0.2) is 61.1 Å². The molecule has 0 saturated carbocycles. The molecule has 0 spiro atoms. The van der Waals surface area contributed by atoms with E-state index in [0.717, 1.165) is 5.56 Å². The molecule has 2 aromatic heterocycles. The third-order valence-electron chi connectivity index (χ3n) is 4.19. The zero-order valence-electron chi connectivity index (χ0n) is 15.7. The Morgan fingerprint density at radius 1 is 1.14 bits per heavy atom. The highest BCUT2D eigenvalue weighted by atomic mass is 16.6. The fourth-order valence-electron chi connectivity index (χ4n) is 2.76. The standard InChI is InChI=1S/C21H21N3O4/c1-3-18(21(26)27-2)28-20(25)17-14-24(13-15-8-5-4-6-9-15)23-19(17)16-10-7-11-22-12-16/h4-12,14,18H,3,13H2,1-2H3/t18-/m0/s1. The number of carbonyl (C=O) groups excluding carboxylic acids is 2. The van der Waals surface area contributed by atoms with Crippen LogP contribution < -0.4 is 0 Å². The first-order valence-corrected chi connectivity index (χ1v) is 8.93. The van der Waals surface area contributed by atoms with Crippen LogP contribution in [0.4, 0.5) is 0 Å². The van der Waals surface area contributed by atoms with Crippen LogP contribution in [0.3, 0.4) is 0 Å². The van der Waals surface area contributed by atoms with Crippen molar-refractivity contribution < 1.29 is 19.1 Å². The van der Waals surface area contributed by atoms with E-state index in [0.29, 0.717) is 24.2 Å². The number of ether oxygens (including phenoxy) is 2. The lowest BCUT2D eigenvalue weighted by Crippen LogP contribution is -2.27. The lowest BCUT2D eigenvalue weighted by atomic mass is 10.1. The summed E-state index contributed by atoms with van der Waals surface area (Å²) in [5.74, 6) is -1.22. The molecule has 0 aliphatic rings. The average molecular weight is 379 g/mol. The van der Waals surface area contributed by atoms with Gasteiger partial charge in [-0.15, -0.1) is 0 Å². The normalized spacial score (nSPS) is 11.6. The average Bonchev–Trinajstić information content (AvgIpc) is 3.16. The lowest BCUT2D eigenvalue weighted by Gasteiger charge is -2.13. The van der Waals surface area contributed by atoms with Gasteiger partial charge in [-0.3, -0.25) is 9.67 Å². The molecule has 0 saturated heterocycles. The molecule has 28 heavy (non-hydrogen) atoms. The first-order valence-electron chi connectivity index (χ1n) is 8.93. The van der Waals surface area contributed by atoms with Crippen LogP contribution >= 0.6 is 0 Å². The van der Waals surface area contributed by atoms with Gasteiger partial charge in [0.05, 0.1) is 13.7 Å². The van der Waals surface area contributed by atoms with Crippen molar-refractivity contribution in [2.45, 2.75) is 26.0 Å². The number of carbonyl (C=O) groups is 2. The molecular formula is C21H21N3O4. The van der Waals surface area contributed by atoms with Crippen molar-refractivity contribution in [3.63, 3.8) is 0 Å². The largest absolute Gasteiger partial charge is 0.466 e. The summed E-state index contributed by atoms with van der Waals surface area (Å²) in [6.45, 7) is 2.24. The van der Waals surface area contributed by atoms with Crippen molar-refractivity contribution in [2.24, 2.45) is 0 Å². The molecule has 7 nitrogen and oxygen atoms in total. The van der Waals surface area contributed by atoms with E-state index in [2.05, 4.69) is 10.1 Å². The first kappa shape index (κ1) is 19.3. The van der Waals surface area contributed by atoms with E-state index in [-0.39, 0.29) is 5.56 Å². The third kappa shape index (κ3) is 4.43. The second-order valence-corrected chi connectivity index (χ2v) is 6.14. The first-order chi connectivity index (χ1) is 13.6. The molecule has 1 aromatic carbocycles. The van der Waals surface area contributed by atoms with Crippen LogP contribution in [-0.4, -0.2) is 39.9 Å². The summed E-state index contributed by atoms with van der Waals surface area (Å²) in [5.41, 5.74) is 2.45. The molecule has 144 valence electrons. The summed E-state index contributed by atoms with van der Waals surface area (Å²) < 4.78 is 11.7. The summed E-state index contributed by atoms with van der Waals surface area (Å²) in [6.07, 6.45) is 4.26. The number of nitrogens with zero attached hydrogens (tertiary/aromatic N) is 3. The molecule has 0 aliphatic carbocycles. The number of benzene rings is 1. The minimum absolute atomic E-state index is 0.270. The predicted molar refractivity (Wildman–Crippen MR) is 103 cm³/mol. The number of methoxy groups -OCH3 is 1. The van der Waals surface area contributed by atoms with Gasteiger partial charge in [-0.05, 0) is 24.1 Å². The monoisotopic (exact) mass is 379 g/mol. The number of rotatable bonds is 7. The van der Waals surface area contributed by atoms with Gasteiger partial charge in [0.15, 0.2) is 6.10 Å². The van der Waals surface area contributed by atoms with E-state index in [1.165, 1.54) is 7.11 Å². The summed E-state index contributed by atoms with van der Waals surface area (Å²) in [7, 11) is 1.26. The van der Waals surface area contributed by atoms with Crippen LogP contribution in [0.2, 0.25) is 0 Å². The molecule has 0 unspecified atom stereocenters. The molecular weight excluding hydrogens is 358 g/mol. The van der Waals surface area contributed by atoms with E-state index in [1.807, 2.05) is 36.4 Å². The molecule has 0 fully saturated rings. The van der Waals surface area contributed by atoms with Gasteiger partial charge < -0.3 is 9.47 Å². The van der Waals surface area contributed by atoms with Crippen molar-refractivity contribution in [3.05, 3.63) is 72.2 Å². The second-order valence-electron chi connectivity index (χ2n) is 6.14. The van der Waals surface area contributed by atoms with Crippen molar-refractivity contribution in [1.29, 1.82) is 0 Å². The maximum Gasteiger partial charge on any atom is 0.347 e. The minimum Gasteiger partial charge on any atom is -0.466 e. The Balaban J connectivity index is 1.93. The molecule has 3 aromatic rings. The quantitative estimate of drug-likeness (QED) is 0.587. The van der Waals surface area contributed by atoms with Crippen molar-refractivity contribution in [2.75, 3.05) is 7.11 Å². The van der Waals surface area contributed by atoms with Gasteiger partial charge in [0.2, 0.25) is 0 Å². The molecule has 7 heteroatoms. The maximum absolute atomic E-state index is 12.8. The predicted octanol–water partition coefficient (Wildman–Crippen LogP) is 3.10. The summed E-state index contributed by atoms with van der Waals surface area (Å²) in [4.78, 5) is 28.7. The highest BCUT2D eigenvalue weighted by Gasteiger charge is 2.26. The smallest absolute Gasteiger partial charge is 0.347 e. The van der Waals surface area contributed by atoms with E-state index in [4.69, 9.17) is 9.47 Å². The fraction of sp³-hybridized carbons (Fsp3) is 0.238. The van der Waals surface area contributed by atoms with Crippen LogP contribution in [0.1, 0.15) is 29.3 Å². The topological polar surface area (TPSA) is 83.3 Å². The Morgan fingerprint density at radius 3 is 2.57 bits per heavy atom. The van der Waals surface area contributed by atoms with Gasteiger partial charge in [-0.1, -0.05) is 37.3 Å². The van der Waals surface area contributed by atoms with Crippen molar-refractivity contribution >= 4 is 11.9 Å². The maximum atomic E-state index is 12.8. The molecule has 2 heterocycles. The van der Waals surface area contributed by atoms with Gasteiger partial charge in [0, 0.05) is 24.2 Å². The number of pyridine rings is 1. The van der Waals surface area contributed by atoms with E-state index in [9.17, 15) is 9.59 Å². The summed E-state index contributed by atoms with van der Waals surface area (Å²) in [5, 5.41) is 4.55. The zero-order valence-corrected chi connectivity index (χ0v) is 15.7. The van der Waals surface area contributed by atoms with Crippen molar-refractivity contribution in [1.82, 2.24) is 14.8 Å². The summed E-state index contributed by atoms with van der Waals surface area (Å²) >= 11 is 0. The number of esters is 2. The Kier molecular flexibility index (Phi) is 6.16. The molecule has 3 rings (SSSR count). The van der Waals surface area contributed by atoms with E-state index in [1.54, 1.807) is 36.3 Å². The third-order valence-corrected chi connectivity index (χ3v) is 4.19. The van der Waals surface area contributed by atoms with Crippen LogP contribution in [-0.2, 0) is 20.8 Å². The van der Waals surface area contributed by atoms with Gasteiger partial charge in [0.1, 0.15) is 11.3 Å². The van der Waals surface area contributed by atoms with Crippen LogP contribution in [0, 0.1) is 0 Å². The van der Waals surface area contributed by atoms with E-state index < -0.39 is 18.0 Å². The molecule has 1 atom stereocenters. The van der Waals surface area contributed by atoms with Gasteiger partial charge in [-0.2, -0.15) is 5.10 Å². The van der Waals surface area contributed by atoms with Crippen LogP contribution in [0.25, 0.3) is 11.3 Å². The zero-order chi connectivity index (χ0) is 19.9. The number of aromatic nitrogens is 3. The molecule has 0 radical (unpaired) electrons. The Bertz CT molecular complexity index is 939. The molecule has 0 amide bonds. The number of hydrogen-bond donors (Lipinski definition) is 0.